The fraction of sp³-hybridized carbons (Fsp3) is 0.273. The maximum Gasteiger partial charge on any atom is 1.00 e. The Hall–Kier alpha value is 0.181. The van der Waals surface area contributed by atoms with E-state index < -0.39 is 18.3 Å². The first-order valence-electron chi connectivity index (χ1n) is 5.06. The smallest absolute Gasteiger partial charge is 0.493 e. The van der Waals surface area contributed by atoms with E-state index in [0.29, 0.717) is 6.07 Å². The van der Waals surface area contributed by atoms with Gasteiger partial charge in [0.05, 0.1) is 5.75 Å². The van der Waals surface area contributed by atoms with Crippen molar-refractivity contribution in [1.82, 2.24) is 0 Å². The Morgan fingerprint density at radius 2 is 1.89 bits per heavy atom. The fourth-order valence-corrected chi connectivity index (χ4v) is 1.20. The number of ether oxygens (including phenoxy) is 1. The molecule has 0 unspecified atom stereocenters. The van der Waals surface area contributed by atoms with Gasteiger partial charge in [0.1, 0.15) is 12.4 Å². The van der Waals surface area contributed by atoms with E-state index >= 15 is 0 Å². The average molecular weight is 286 g/mol. The van der Waals surface area contributed by atoms with E-state index in [4.69, 9.17) is 4.74 Å². The third kappa shape index (κ3) is 5.88. The fourth-order valence-electron chi connectivity index (χ4n) is 1.20. The largest absolute Gasteiger partial charge is 1.00 e. The zero-order valence-electron chi connectivity index (χ0n) is 10.5. The van der Waals surface area contributed by atoms with Gasteiger partial charge in [0.2, 0.25) is 0 Å². The van der Waals surface area contributed by atoms with Crippen molar-refractivity contribution in [2.24, 2.45) is 0 Å². The number of benzene rings is 1. The molecule has 0 heterocycles. The second kappa shape index (κ2) is 7.69. The molecule has 0 fully saturated rings. The van der Waals surface area contributed by atoms with Gasteiger partial charge >= 0.3 is 58.4 Å². The van der Waals surface area contributed by atoms with Crippen molar-refractivity contribution in [1.29, 1.82) is 0 Å². The van der Waals surface area contributed by atoms with Gasteiger partial charge in [0.15, 0.2) is 0 Å². The zero-order valence-corrected chi connectivity index (χ0v) is 13.6. The molecule has 7 heteroatoms. The van der Waals surface area contributed by atoms with Crippen LogP contribution in [-0.2, 0) is 0 Å². The SMILES string of the molecule is CC(C)=CCOc1ccc(F)cc1[B-](F)(F)F.[K+]. The summed E-state index contributed by atoms with van der Waals surface area (Å²) >= 11 is 0. The summed E-state index contributed by atoms with van der Waals surface area (Å²) in [4.78, 5) is 0. The maximum atomic E-state index is 12.8. The molecule has 18 heavy (non-hydrogen) atoms. The quantitative estimate of drug-likeness (QED) is 0.437. The molecule has 0 N–H and O–H groups in total. The predicted octanol–water partition coefficient (Wildman–Crippen LogP) is 0.229. The Balaban J connectivity index is 0.00000289. The minimum Gasteiger partial charge on any atom is -0.493 e. The molecular formula is C11H12BF4KO. The van der Waals surface area contributed by atoms with Crippen LogP contribution in [0.25, 0.3) is 0 Å². The van der Waals surface area contributed by atoms with Gasteiger partial charge in [0.25, 0.3) is 0 Å². The van der Waals surface area contributed by atoms with Gasteiger partial charge < -0.3 is 17.7 Å². The van der Waals surface area contributed by atoms with E-state index in [1.807, 2.05) is 13.8 Å². The van der Waals surface area contributed by atoms with Crippen molar-refractivity contribution in [2.75, 3.05) is 6.61 Å². The number of hydrogen-bond acceptors (Lipinski definition) is 1. The van der Waals surface area contributed by atoms with Crippen molar-refractivity contribution < 1.29 is 73.5 Å². The first kappa shape index (κ1) is 18.2. The monoisotopic (exact) mass is 286 g/mol. The van der Waals surface area contributed by atoms with Gasteiger partial charge in [0, 0.05) is 0 Å². The summed E-state index contributed by atoms with van der Waals surface area (Å²) < 4.78 is 55.6. The Kier molecular flexibility index (Phi) is 7.77. The van der Waals surface area contributed by atoms with Gasteiger partial charge in [-0.25, -0.2) is 4.39 Å². The van der Waals surface area contributed by atoms with Gasteiger partial charge in [-0.1, -0.05) is 11.0 Å². The summed E-state index contributed by atoms with van der Waals surface area (Å²) in [6, 6.07) is 2.40. The molecule has 0 radical (unpaired) electrons. The van der Waals surface area contributed by atoms with Gasteiger partial charge in [-0.05, 0) is 38.1 Å². The van der Waals surface area contributed by atoms with Crippen LogP contribution in [0.4, 0.5) is 17.3 Å². The molecule has 0 aliphatic carbocycles. The number of halogens is 4. The second-order valence-electron chi connectivity index (χ2n) is 3.85. The van der Waals surface area contributed by atoms with Crippen LogP contribution >= 0.6 is 0 Å². The third-order valence-electron chi connectivity index (χ3n) is 2.05. The number of rotatable bonds is 4. The molecule has 0 saturated heterocycles. The molecular weight excluding hydrogens is 274 g/mol. The van der Waals surface area contributed by atoms with Crippen molar-refractivity contribution in [2.45, 2.75) is 13.8 Å². The van der Waals surface area contributed by atoms with Crippen LogP contribution in [0.5, 0.6) is 5.75 Å². The summed E-state index contributed by atoms with van der Waals surface area (Å²) in [5.41, 5.74) is -0.0988. The van der Waals surface area contributed by atoms with Crippen LogP contribution in [0.1, 0.15) is 13.8 Å². The average Bonchev–Trinajstić information content (AvgIpc) is 2.18. The van der Waals surface area contributed by atoms with Crippen molar-refractivity contribution >= 4 is 12.4 Å². The van der Waals surface area contributed by atoms with Crippen molar-refractivity contribution in [3.63, 3.8) is 0 Å². The molecule has 0 aliphatic rings. The van der Waals surface area contributed by atoms with Crippen LogP contribution in [0, 0.1) is 5.82 Å². The van der Waals surface area contributed by atoms with Crippen LogP contribution in [-0.4, -0.2) is 13.6 Å². The first-order valence-corrected chi connectivity index (χ1v) is 5.06. The molecule has 1 nitrogen and oxygen atoms in total. The summed E-state index contributed by atoms with van der Waals surface area (Å²) in [5.74, 6) is -1.26. The molecule has 1 aromatic rings. The summed E-state index contributed by atoms with van der Waals surface area (Å²) in [6.45, 7) is -1.62. The minimum absolute atomic E-state index is 0. The van der Waals surface area contributed by atoms with E-state index in [1.165, 1.54) is 0 Å². The molecule has 1 rings (SSSR count). The van der Waals surface area contributed by atoms with Crippen LogP contribution in [0.15, 0.2) is 29.8 Å². The molecule has 1 aromatic carbocycles. The van der Waals surface area contributed by atoms with E-state index in [9.17, 15) is 17.3 Å². The van der Waals surface area contributed by atoms with E-state index in [-0.39, 0.29) is 63.7 Å². The molecule has 0 aromatic heterocycles. The van der Waals surface area contributed by atoms with Gasteiger partial charge in [-0.2, -0.15) is 0 Å². The first-order chi connectivity index (χ1) is 7.80. The Bertz CT molecular complexity index is 428. The number of allylic oxidation sites excluding steroid dienone is 1. The van der Waals surface area contributed by atoms with E-state index in [1.54, 1.807) is 6.08 Å². The molecule has 0 spiro atoms. The third-order valence-corrected chi connectivity index (χ3v) is 2.05. The molecule has 0 amide bonds. The Morgan fingerprint density at radius 1 is 1.28 bits per heavy atom. The Labute approximate surface area is 146 Å². The maximum absolute atomic E-state index is 12.8. The van der Waals surface area contributed by atoms with Gasteiger partial charge in [-0.15, -0.1) is 0 Å². The number of hydrogen-bond donors (Lipinski definition) is 0. The van der Waals surface area contributed by atoms with E-state index in [0.717, 1.165) is 17.7 Å². The van der Waals surface area contributed by atoms with Gasteiger partial charge in [-0.3, -0.25) is 0 Å². The zero-order chi connectivity index (χ0) is 13.1. The second-order valence-corrected chi connectivity index (χ2v) is 3.85. The summed E-state index contributed by atoms with van der Waals surface area (Å²) in [6.07, 6.45) is 1.65. The molecule has 0 bridgehead atoms. The molecule has 0 atom stereocenters. The summed E-state index contributed by atoms with van der Waals surface area (Å²) in [7, 11) is 0. The van der Waals surface area contributed by atoms with Crippen molar-refractivity contribution in [3.8, 4) is 5.75 Å². The van der Waals surface area contributed by atoms with Crippen LogP contribution in [0.3, 0.4) is 0 Å². The summed E-state index contributed by atoms with van der Waals surface area (Å²) in [5, 5.41) is 0. The van der Waals surface area contributed by atoms with E-state index in [2.05, 4.69) is 0 Å². The molecule has 0 saturated carbocycles. The normalized spacial score (nSPS) is 10.6. The minimum atomic E-state index is -5.27. The topological polar surface area (TPSA) is 9.23 Å². The van der Waals surface area contributed by atoms with Crippen molar-refractivity contribution in [3.05, 3.63) is 35.7 Å². The predicted molar refractivity (Wildman–Crippen MR) is 60.0 cm³/mol. The van der Waals surface area contributed by atoms with Crippen LogP contribution < -0.4 is 61.6 Å². The molecule has 94 valence electrons. The standard InChI is InChI=1S/C11H12BF4O.K/c1-8(2)5-6-17-11-4-3-9(13)7-10(11)12(14,15)16;/h3-5,7H,6H2,1-2H3;/q-1;+1. The molecule has 0 aliphatic heterocycles. The Morgan fingerprint density at radius 3 is 2.39 bits per heavy atom. The van der Waals surface area contributed by atoms with Crippen LogP contribution in [0.2, 0.25) is 0 Å².